The van der Waals surface area contributed by atoms with E-state index in [1.807, 2.05) is 0 Å². The van der Waals surface area contributed by atoms with Gasteiger partial charge in [0.2, 0.25) is 0 Å². The molecular formula is C23H16F5N5O. The number of hydrazone groups is 1. The van der Waals surface area contributed by atoms with E-state index >= 15 is 0 Å². The van der Waals surface area contributed by atoms with E-state index in [1.54, 1.807) is 18.0 Å². The van der Waals surface area contributed by atoms with Crippen LogP contribution >= 0.6 is 0 Å². The number of hydrogen-bond donors (Lipinski definition) is 1. The van der Waals surface area contributed by atoms with E-state index in [0.29, 0.717) is 22.7 Å². The van der Waals surface area contributed by atoms with Gasteiger partial charge in [-0.3, -0.25) is 5.01 Å². The van der Waals surface area contributed by atoms with Gasteiger partial charge in [0.15, 0.2) is 17.4 Å². The second-order valence-corrected chi connectivity index (χ2v) is 7.84. The highest BCUT2D eigenvalue weighted by molar-refractivity contribution is 5.80. The van der Waals surface area contributed by atoms with Crippen molar-refractivity contribution in [3.05, 3.63) is 82.4 Å². The molecule has 11 heteroatoms. The molecule has 0 aliphatic carbocycles. The number of aryl methyl sites for hydroxylation is 1. The Hall–Kier alpha value is -4.02. The summed E-state index contributed by atoms with van der Waals surface area (Å²) in [5.74, 6) is -1.52. The van der Waals surface area contributed by atoms with Gasteiger partial charge in [0.05, 0.1) is 36.1 Å². The second-order valence-electron chi connectivity index (χ2n) is 7.84. The Morgan fingerprint density at radius 1 is 1.09 bits per heavy atom. The number of nitrogens with zero attached hydrogens (tertiary/aromatic N) is 4. The maximum Gasteiger partial charge on any atom is 0.417 e. The number of benzene rings is 2. The van der Waals surface area contributed by atoms with Crippen LogP contribution in [0.25, 0.3) is 22.6 Å². The highest BCUT2D eigenvalue weighted by Gasteiger charge is 2.34. The third kappa shape index (κ3) is 4.04. The molecule has 2 aromatic carbocycles. The van der Waals surface area contributed by atoms with Crippen molar-refractivity contribution in [3.8, 4) is 22.6 Å². The summed E-state index contributed by atoms with van der Waals surface area (Å²) in [5.41, 5.74) is 0.766. The van der Waals surface area contributed by atoms with E-state index in [1.165, 1.54) is 30.5 Å². The summed E-state index contributed by atoms with van der Waals surface area (Å²) in [6.45, 7) is 1.95. The van der Waals surface area contributed by atoms with Crippen LogP contribution in [-0.2, 0) is 19.3 Å². The molecule has 4 aromatic rings. The van der Waals surface area contributed by atoms with E-state index < -0.39 is 23.4 Å². The number of alkyl halides is 3. The van der Waals surface area contributed by atoms with Crippen molar-refractivity contribution >= 4 is 6.21 Å². The van der Waals surface area contributed by atoms with Gasteiger partial charge >= 0.3 is 6.18 Å². The van der Waals surface area contributed by atoms with Crippen LogP contribution in [0, 0.1) is 18.6 Å². The number of aromatic amines is 1. The molecule has 0 saturated heterocycles. The van der Waals surface area contributed by atoms with Crippen LogP contribution in [0.15, 0.2) is 52.1 Å². The van der Waals surface area contributed by atoms with Gasteiger partial charge in [-0.2, -0.15) is 18.3 Å². The Labute approximate surface area is 189 Å². The first kappa shape index (κ1) is 21.8. The summed E-state index contributed by atoms with van der Waals surface area (Å²) in [4.78, 5) is 7.24. The highest BCUT2D eigenvalue weighted by Crippen LogP contribution is 2.37. The number of H-pyrrole nitrogens is 1. The molecule has 174 valence electrons. The number of fused-ring (bicyclic) bond motifs is 1. The lowest BCUT2D eigenvalue weighted by molar-refractivity contribution is -0.137. The molecule has 0 amide bonds. The predicted molar refractivity (Wildman–Crippen MR) is 112 cm³/mol. The Morgan fingerprint density at radius 3 is 2.71 bits per heavy atom. The van der Waals surface area contributed by atoms with Gasteiger partial charge in [-0.15, -0.1) is 0 Å². The molecule has 6 nitrogen and oxygen atoms in total. The molecule has 0 unspecified atom stereocenters. The van der Waals surface area contributed by atoms with Crippen molar-refractivity contribution in [1.29, 1.82) is 0 Å². The number of aromatic nitrogens is 3. The van der Waals surface area contributed by atoms with Gasteiger partial charge in [0, 0.05) is 11.6 Å². The summed E-state index contributed by atoms with van der Waals surface area (Å²) in [5, 5.41) is 9.64. The summed E-state index contributed by atoms with van der Waals surface area (Å²) in [6.07, 6.45) is -3.08. The standard InChI is InChI=1S/C23H16F5N5O/c1-12-5-6-14(16(7-12)23(26,27)28)18-8-13(34-32-18)10-33-11-20-19(9-29-33)30-22(31-20)15-3-2-4-17(24)21(15)25/h2-9H,10-11H2,1H3,(H,30,31). The van der Waals surface area contributed by atoms with Crippen molar-refractivity contribution in [2.24, 2.45) is 5.10 Å². The number of nitrogens with one attached hydrogen (secondary N) is 1. The first-order valence-electron chi connectivity index (χ1n) is 10.1. The van der Waals surface area contributed by atoms with E-state index in [9.17, 15) is 22.0 Å². The monoisotopic (exact) mass is 473 g/mol. The molecule has 0 spiro atoms. The Balaban J connectivity index is 1.35. The number of rotatable bonds is 4. The van der Waals surface area contributed by atoms with Gasteiger partial charge in [-0.05, 0) is 25.1 Å². The summed E-state index contributed by atoms with van der Waals surface area (Å²) in [7, 11) is 0. The zero-order valence-corrected chi connectivity index (χ0v) is 17.6. The summed E-state index contributed by atoms with van der Waals surface area (Å²) < 4.78 is 73.3. The quantitative estimate of drug-likeness (QED) is 0.387. The first-order valence-corrected chi connectivity index (χ1v) is 10.1. The van der Waals surface area contributed by atoms with Crippen LogP contribution in [0.1, 0.15) is 28.3 Å². The average molecular weight is 473 g/mol. The normalized spacial score (nSPS) is 13.4. The van der Waals surface area contributed by atoms with Gasteiger partial charge in [-0.1, -0.05) is 28.9 Å². The largest absolute Gasteiger partial charge is 0.417 e. The Morgan fingerprint density at radius 2 is 1.91 bits per heavy atom. The number of hydrogen-bond acceptors (Lipinski definition) is 5. The lowest BCUT2D eigenvalue weighted by Gasteiger charge is -2.19. The number of imidazole rings is 1. The lowest BCUT2D eigenvalue weighted by atomic mass is 10.0. The fourth-order valence-electron chi connectivity index (χ4n) is 3.73. The molecule has 2 aromatic heterocycles. The zero-order valence-electron chi connectivity index (χ0n) is 17.6. The van der Waals surface area contributed by atoms with Crippen LogP contribution in [0.2, 0.25) is 0 Å². The fourth-order valence-corrected chi connectivity index (χ4v) is 3.73. The van der Waals surface area contributed by atoms with E-state index in [2.05, 4.69) is 20.2 Å². The molecule has 0 atom stereocenters. The van der Waals surface area contributed by atoms with Crippen LogP contribution < -0.4 is 0 Å². The van der Waals surface area contributed by atoms with Crippen LogP contribution in [0.5, 0.6) is 0 Å². The van der Waals surface area contributed by atoms with Crippen LogP contribution in [-0.4, -0.2) is 26.3 Å². The van der Waals surface area contributed by atoms with E-state index in [-0.39, 0.29) is 35.7 Å². The van der Waals surface area contributed by atoms with Crippen molar-refractivity contribution in [2.75, 3.05) is 0 Å². The second kappa shape index (κ2) is 8.08. The van der Waals surface area contributed by atoms with E-state index in [0.717, 1.165) is 12.1 Å². The summed E-state index contributed by atoms with van der Waals surface area (Å²) in [6, 6.07) is 9.26. The average Bonchev–Trinajstić information content (AvgIpc) is 3.42. The SMILES string of the molecule is Cc1ccc(-c2cc(CN3Cc4[nH]c(-c5cccc(F)c5F)nc4C=N3)on2)c(C(F)(F)F)c1. The molecule has 0 fully saturated rings. The van der Waals surface area contributed by atoms with Gasteiger partial charge < -0.3 is 9.51 Å². The molecule has 5 rings (SSSR count). The molecule has 34 heavy (non-hydrogen) atoms. The molecule has 1 aliphatic rings. The lowest BCUT2D eigenvalue weighted by Crippen LogP contribution is -2.21. The van der Waals surface area contributed by atoms with Crippen molar-refractivity contribution in [1.82, 2.24) is 20.1 Å². The minimum absolute atomic E-state index is 0.00667. The maximum absolute atomic E-state index is 14.1. The third-order valence-electron chi connectivity index (χ3n) is 5.36. The molecular weight excluding hydrogens is 457 g/mol. The third-order valence-corrected chi connectivity index (χ3v) is 5.36. The number of halogens is 5. The first-order chi connectivity index (χ1) is 16.2. The van der Waals surface area contributed by atoms with Crippen molar-refractivity contribution in [2.45, 2.75) is 26.2 Å². The molecule has 3 heterocycles. The molecule has 0 bridgehead atoms. The Kier molecular flexibility index (Phi) is 5.18. The van der Waals surface area contributed by atoms with Gasteiger partial charge in [0.1, 0.15) is 17.2 Å². The van der Waals surface area contributed by atoms with Crippen molar-refractivity contribution < 1.29 is 26.5 Å². The molecule has 0 radical (unpaired) electrons. The molecule has 0 saturated carbocycles. The fraction of sp³-hybridized carbons (Fsp3) is 0.174. The zero-order chi connectivity index (χ0) is 24.0. The van der Waals surface area contributed by atoms with E-state index in [4.69, 9.17) is 4.52 Å². The van der Waals surface area contributed by atoms with Gasteiger partial charge in [-0.25, -0.2) is 13.8 Å². The topological polar surface area (TPSA) is 70.3 Å². The van der Waals surface area contributed by atoms with Crippen LogP contribution in [0.4, 0.5) is 22.0 Å². The Bertz CT molecular complexity index is 1410. The van der Waals surface area contributed by atoms with Crippen LogP contribution in [0.3, 0.4) is 0 Å². The smallest absolute Gasteiger partial charge is 0.359 e. The summed E-state index contributed by atoms with van der Waals surface area (Å²) >= 11 is 0. The minimum Gasteiger partial charge on any atom is -0.359 e. The minimum atomic E-state index is -4.53. The molecule has 1 N–H and O–H groups in total. The highest BCUT2D eigenvalue weighted by atomic mass is 19.4. The van der Waals surface area contributed by atoms with Crippen molar-refractivity contribution in [3.63, 3.8) is 0 Å². The van der Waals surface area contributed by atoms with Gasteiger partial charge in [0.25, 0.3) is 0 Å². The maximum atomic E-state index is 14.1. The molecule has 1 aliphatic heterocycles. The predicted octanol–water partition coefficient (Wildman–Crippen LogP) is 5.69.